The fourth-order valence-corrected chi connectivity index (χ4v) is 7.04. The van der Waals surface area contributed by atoms with Gasteiger partial charge in [0.2, 0.25) is 10.0 Å². The molecule has 0 atom stereocenters. The summed E-state index contributed by atoms with van der Waals surface area (Å²) in [7, 11) is -0.429. The van der Waals surface area contributed by atoms with E-state index in [0.717, 1.165) is 35.0 Å². The summed E-state index contributed by atoms with van der Waals surface area (Å²) >= 11 is 3.13. The van der Waals surface area contributed by atoms with Gasteiger partial charge >= 0.3 is 0 Å². The standard InChI is InChI=1S/C21H25N3O3S3/c1-4-24-20(25)18-16-10-5-6-11-17(16)29-19(18)22-21(24)28-13-14-8-7-9-15(12-14)30(26,27)23(2)3/h7-9,12H,4-6,10-11,13H2,1-3H3. The van der Waals surface area contributed by atoms with Crippen LogP contribution in [0.3, 0.4) is 0 Å². The van der Waals surface area contributed by atoms with Crippen molar-refractivity contribution in [2.24, 2.45) is 0 Å². The molecule has 1 aliphatic carbocycles. The van der Waals surface area contributed by atoms with Gasteiger partial charge in [-0.2, -0.15) is 0 Å². The molecule has 2 heterocycles. The smallest absolute Gasteiger partial charge is 0.263 e. The molecular formula is C21H25N3O3S3. The molecule has 6 nitrogen and oxygen atoms in total. The van der Waals surface area contributed by atoms with Crippen molar-refractivity contribution in [2.75, 3.05) is 14.1 Å². The zero-order valence-corrected chi connectivity index (χ0v) is 19.8. The van der Waals surface area contributed by atoms with Crippen LogP contribution in [-0.2, 0) is 35.2 Å². The van der Waals surface area contributed by atoms with E-state index in [1.165, 1.54) is 47.0 Å². The van der Waals surface area contributed by atoms with E-state index in [1.807, 2.05) is 13.0 Å². The van der Waals surface area contributed by atoms with Crippen LogP contribution in [0.1, 0.15) is 35.8 Å². The third kappa shape index (κ3) is 3.84. The molecule has 0 radical (unpaired) electrons. The number of aromatic nitrogens is 2. The van der Waals surface area contributed by atoms with Crippen molar-refractivity contribution < 1.29 is 8.42 Å². The maximum absolute atomic E-state index is 13.2. The highest BCUT2D eigenvalue weighted by Gasteiger charge is 2.22. The largest absolute Gasteiger partial charge is 0.287 e. The predicted octanol–water partition coefficient (Wildman–Crippen LogP) is 3.90. The minimum absolute atomic E-state index is 0.0494. The van der Waals surface area contributed by atoms with Crippen molar-refractivity contribution in [1.82, 2.24) is 13.9 Å². The SMILES string of the molecule is CCn1c(SCc2cccc(S(=O)(=O)N(C)C)c2)nc2sc3c(c2c1=O)CCCC3. The molecule has 0 aliphatic heterocycles. The summed E-state index contributed by atoms with van der Waals surface area (Å²) in [4.78, 5) is 20.5. The molecule has 30 heavy (non-hydrogen) atoms. The first kappa shape index (κ1) is 21.5. The summed E-state index contributed by atoms with van der Waals surface area (Å²) in [6.07, 6.45) is 4.32. The molecule has 3 aromatic rings. The Kier molecular flexibility index (Phi) is 6.07. The first-order valence-electron chi connectivity index (χ1n) is 10.0. The molecule has 0 bridgehead atoms. The highest BCUT2D eigenvalue weighted by atomic mass is 32.2. The molecular weight excluding hydrogens is 438 g/mol. The third-order valence-electron chi connectivity index (χ3n) is 5.40. The normalized spacial score (nSPS) is 14.4. The molecule has 0 fully saturated rings. The Bertz CT molecular complexity index is 1260. The number of benzene rings is 1. The second-order valence-corrected chi connectivity index (χ2v) is 11.7. The van der Waals surface area contributed by atoms with Gasteiger partial charge in [0, 0.05) is 31.3 Å². The Labute approximate surface area is 185 Å². The lowest BCUT2D eigenvalue weighted by Crippen LogP contribution is -2.23. The number of rotatable bonds is 6. The van der Waals surface area contributed by atoms with Crippen molar-refractivity contribution in [3.63, 3.8) is 0 Å². The van der Waals surface area contributed by atoms with Crippen LogP contribution in [0.25, 0.3) is 10.2 Å². The van der Waals surface area contributed by atoms with E-state index < -0.39 is 10.0 Å². The quantitative estimate of drug-likeness (QED) is 0.410. The third-order valence-corrected chi connectivity index (χ3v) is 9.45. The summed E-state index contributed by atoms with van der Waals surface area (Å²) in [6.45, 7) is 2.52. The van der Waals surface area contributed by atoms with E-state index in [2.05, 4.69) is 0 Å². The molecule has 0 N–H and O–H groups in total. The molecule has 0 amide bonds. The lowest BCUT2D eigenvalue weighted by Gasteiger charge is -2.13. The number of nitrogens with zero attached hydrogens (tertiary/aromatic N) is 3. The van der Waals surface area contributed by atoms with E-state index in [9.17, 15) is 13.2 Å². The van der Waals surface area contributed by atoms with Gasteiger partial charge in [-0.15, -0.1) is 11.3 Å². The number of fused-ring (bicyclic) bond motifs is 3. The van der Waals surface area contributed by atoms with Gasteiger partial charge < -0.3 is 0 Å². The van der Waals surface area contributed by atoms with Gasteiger partial charge in [-0.3, -0.25) is 9.36 Å². The fraction of sp³-hybridized carbons (Fsp3) is 0.429. The Morgan fingerprint density at radius 1 is 1.23 bits per heavy atom. The topological polar surface area (TPSA) is 72.3 Å². The van der Waals surface area contributed by atoms with Gasteiger partial charge in [-0.1, -0.05) is 23.9 Å². The van der Waals surface area contributed by atoms with Gasteiger partial charge in [0.15, 0.2) is 5.16 Å². The second kappa shape index (κ2) is 8.45. The number of hydrogen-bond acceptors (Lipinski definition) is 6. The summed E-state index contributed by atoms with van der Waals surface area (Å²) in [5.74, 6) is 0.541. The molecule has 1 aromatic carbocycles. The van der Waals surface area contributed by atoms with Crippen LogP contribution in [0.4, 0.5) is 0 Å². The summed E-state index contributed by atoms with van der Waals surface area (Å²) in [6, 6.07) is 6.95. The molecule has 0 unspecified atom stereocenters. The minimum Gasteiger partial charge on any atom is -0.287 e. The van der Waals surface area contributed by atoms with Crippen LogP contribution >= 0.6 is 23.1 Å². The van der Waals surface area contributed by atoms with E-state index in [0.29, 0.717) is 17.5 Å². The zero-order valence-electron chi connectivity index (χ0n) is 17.3. The van der Waals surface area contributed by atoms with Gasteiger partial charge in [-0.05, 0) is 55.9 Å². The van der Waals surface area contributed by atoms with Crippen molar-refractivity contribution in [1.29, 1.82) is 0 Å². The molecule has 160 valence electrons. The summed E-state index contributed by atoms with van der Waals surface area (Å²) in [5, 5.41) is 1.49. The van der Waals surface area contributed by atoms with Crippen LogP contribution in [-0.4, -0.2) is 36.4 Å². The highest BCUT2D eigenvalue weighted by Crippen LogP contribution is 2.35. The van der Waals surface area contributed by atoms with E-state index in [-0.39, 0.29) is 10.5 Å². The molecule has 2 aromatic heterocycles. The average molecular weight is 464 g/mol. The molecule has 1 aliphatic rings. The van der Waals surface area contributed by atoms with Crippen molar-refractivity contribution >= 4 is 43.3 Å². The summed E-state index contributed by atoms with van der Waals surface area (Å²) < 4.78 is 27.8. The monoisotopic (exact) mass is 463 g/mol. The van der Waals surface area contributed by atoms with E-state index in [1.54, 1.807) is 34.1 Å². The van der Waals surface area contributed by atoms with Gasteiger partial charge in [0.1, 0.15) is 4.83 Å². The van der Waals surface area contributed by atoms with Crippen LogP contribution < -0.4 is 5.56 Å². The number of hydrogen-bond donors (Lipinski definition) is 0. The number of sulfonamides is 1. The van der Waals surface area contributed by atoms with Gasteiger partial charge in [-0.25, -0.2) is 17.7 Å². The van der Waals surface area contributed by atoms with E-state index >= 15 is 0 Å². The first-order valence-corrected chi connectivity index (χ1v) is 13.3. The van der Waals surface area contributed by atoms with Gasteiger partial charge in [0.25, 0.3) is 5.56 Å². The fourth-order valence-electron chi connectivity index (χ4n) is 3.76. The molecule has 0 spiro atoms. The van der Waals surface area contributed by atoms with Crippen molar-refractivity contribution in [3.05, 3.63) is 50.6 Å². The summed E-state index contributed by atoms with van der Waals surface area (Å²) in [5.41, 5.74) is 2.14. The first-order chi connectivity index (χ1) is 14.3. The van der Waals surface area contributed by atoms with E-state index in [4.69, 9.17) is 4.98 Å². The predicted molar refractivity (Wildman–Crippen MR) is 123 cm³/mol. The van der Waals surface area contributed by atoms with Crippen molar-refractivity contribution in [2.45, 2.75) is 55.0 Å². The van der Waals surface area contributed by atoms with Crippen LogP contribution in [0.5, 0.6) is 0 Å². The number of aryl methyl sites for hydroxylation is 2. The van der Waals surface area contributed by atoms with Crippen molar-refractivity contribution in [3.8, 4) is 0 Å². The lowest BCUT2D eigenvalue weighted by atomic mass is 9.97. The van der Waals surface area contributed by atoms with Crippen LogP contribution in [0, 0.1) is 0 Å². The minimum atomic E-state index is -3.48. The Balaban J connectivity index is 1.67. The number of thiophene rings is 1. The Morgan fingerprint density at radius 3 is 2.73 bits per heavy atom. The maximum atomic E-state index is 13.2. The van der Waals surface area contributed by atoms with Crippen LogP contribution in [0.15, 0.2) is 39.1 Å². The average Bonchev–Trinajstić information content (AvgIpc) is 3.11. The van der Waals surface area contributed by atoms with Crippen LogP contribution in [0.2, 0.25) is 0 Å². The Morgan fingerprint density at radius 2 is 2.00 bits per heavy atom. The molecule has 0 saturated carbocycles. The lowest BCUT2D eigenvalue weighted by molar-refractivity contribution is 0.520. The highest BCUT2D eigenvalue weighted by molar-refractivity contribution is 7.98. The zero-order chi connectivity index (χ0) is 21.5. The number of thioether (sulfide) groups is 1. The molecule has 0 saturated heterocycles. The molecule has 4 rings (SSSR count). The Hall–Kier alpha value is -1.68. The molecule has 9 heteroatoms. The van der Waals surface area contributed by atoms with Gasteiger partial charge in [0.05, 0.1) is 10.3 Å². The second-order valence-electron chi connectivity index (χ2n) is 7.56. The maximum Gasteiger partial charge on any atom is 0.263 e.